The van der Waals surface area contributed by atoms with Gasteiger partial charge in [0.25, 0.3) is 5.91 Å². The summed E-state index contributed by atoms with van der Waals surface area (Å²) in [5.74, 6) is -7.37. The summed E-state index contributed by atoms with van der Waals surface area (Å²) in [6, 6.07) is 6.77. The molecule has 0 heterocycles. The number of nitrogens with one attached hydrogen (secondary N) is 1. The molecule has 0 aromatic heterocycles. The number of hydrogen-bond donors (Lipinski definition) is 6. The molecule has 1 fully saturated rings. The lowest BCUT2D eigenvalue weighted by atomic mass is 9.57. The molecule has 0 aliphatic heterocycles. The summed E-state index contributed by atoms with van der Waals surface area (Å²) < 4.78 is 6.07. The summed E-state index contributed by atoms with van der Waals surface area (Å²) >= 11 is 3.30. The summed E-state index contributed by atoms with van der Waals surface area (Å²) in [6.45, 7) is 0. The Hall–Kier alpha value is -4.40. The number of nitrogens with zero attached hydrogens (tertiary/aromatic N) is 2. The molecule has 232 valence electrons. The van der Waals surface area contributed by atoms with Crippen LogP contribution in [0.1, 0.15) is 17.5 Å². The molecule has 4 atom stereocenters. The number of nitrogens with two attached hydrogens (primary N) is 1. The number of anilines is 2. The van der Waals surface area contributed by atoms with Crippen molar-refractivity contribution in [2.75, 3.05) is 38.4 Å². The number of likely N-dealkylation sites (N-methyl/N-ethyl adjacent to an activating group) is 1. The van der Waals surface area contributed by atoms with Crippen LogP contribution in [0, 0.1) is 11.8 Å². The number of halogens is 1. The van der Waals surface area contributed by atoms with Crippen LogP contribution in [-0.4, -0.2) is 88.7 Å². The van der Waals surface area contributed by atoms with Gasteiger partial charge in [0.15, 0.2) is 17.1 Å². The first kappa shape index (κ1) is 31.0. The lowest BCUT2D eigenvalue weighted by molar-refractivity contribution is -0.153. The van der Waals surface area contributed by atoms with Crippen molar-refractivity contribution in [3.05, 3.63) is 62.8 Å². The number of hydrogen-bond acceptors (Lipinski definition) is 11. The monoisotopic (exact) mass is 670 g/mol. The summed E-state index contributed by atoms with van der Waals surface area (Å²) in [5.41, 5.74) is 2.08. The van der Waals surface area contributed by atoms with Crippen LogP contribution < -0.4 is 20.7 Å². The molecular weight excluding hydrogens is 640 g/mol. The van der Waals surface area contributed by atoms with Crippen molar-refractivity contribution in [3.8, 4) is 11.5 Å². The Morgan fingerprint density at radius 2 is 1.73 bits per heavy atom. The summed E-state index contributed by atoms with van der Waals surface area (Å²) in [5, 5.41) is 48.2. The number of rotatable bonds is 5. The van der Waals surface area contributed by atoms with E-state index in [1.165, 1.54) is 25.1 Å². The van der Waals surface area contributed by atoms with Gasteiger partial charge in [0.05, 0.1) is 17.3 Å². The molecule has 0 unspecified atom stereocenters. The molecule has 3 aliphatic carbocycles. The number of primary amides is 1. The Labute approximate surface area is 260 Å². The van der Waals surface area contributed by atoms with Gasteiger partial charge >= 0.3 is 6.09 Å². The Bertz CT molecular complexity index is 1680. The van der Waals surface area contributed by atoms with Gasteiger partial charge in [-0.2, -0.15) is 0 Å². The van der Waals surface area contributed by atoms with E-state index in [0.29, 0.717) is 11.3 Å². The quantitative estimate of drug-likeness (QED) is 0.201. The molecule has 7 N–H and O–H groups in total. The summed E-state index contributed by atoms with van der Waals surface area (Å²) in [7, 11) is 6.50. The fourth-order valence-corrected chi connectivity index (χ4v) is 6.80. The number of aliphatic hydroxyl groups is 3. The number of phenols is 1. The van der Waals surface area contributed by atoms with Crippen LogP contribution in [0.4, 0.5) is 16.2 Å². The van der Waals surface area contributed by atoms with Gasteiger partial charge in [-0.3, -0.25) is 24.6 Å². The van der Waals surface area contributed by atoms with Gasteiger partial charge in [-0.25, -0.2) is 4.79 Å². The van der Waals surface area contributed by atoms with E-state index in [1.54, 1.807) is 43.3 Å². The number of amides is 2. The molecule has 13 nitrogen and oxygen atoms in total. The van der Waals surface area contributed by atoms with E-state index in [1.807, 2.05) is 0 Å². The van der Waals surface area contributed by atoms with Crippen LogP contribution in [0.5, 0.6) is 11.5 Å². The zero-order chi connectivity index (χ0) is 32.4. The van der Waals surface area contributed by atoms with Crippen molar-refractivity contribution in [2.45, 2.75) is 24.5 Å². The van der Waals surface area contributed by atoms with Gasteiger partial charge in [-0.1, -0.05) is 15.9 Å². The molecule has 0 bridgehead atoms. The molecular formula is C30H31BrN4O9. The minimum absolute atomic E-state index is 0.0427. The number of ether oxygens (including phenoxy) is 1. The molecule has 0 saturated heterocycles. The normalized spacial score (nSPS) is 24.5. The first-order chi connectivity index (χ1) is 20.6. The number of Topliss-reactive ketones (excluding diaryl/α,β-unsaturated/α-hetero) is 2. The molecule has 0 radical (unpaired) electrons. The third-order valence-corrected chi connectivity index (χ3v) is 8.97. The van der Waals surface area contributed by atoms with Crippen LogP contribution in [0.25, 0.3) is 5.76 Å². The van der Waals surface area contributed by atoms with E-state index >= 15 is 0 Å². The van der Waals surface area contributed by atoms with Crippen LogP contribution in [-0.2, 0) is 20.8 Å². The highest BCUT2D eigenvalue weighted by Gasteiger charge is 2.64. The number of carbonyl (C=O) groups is 4. The molecule has 1 saturated carbocycles. The Balaban J connectivity index is 1.63. The van der Waals surface area contributed by atoms with E-state index in [9.17, 15) is 39.6 Å². The third kappa shape index (κ3) is 4.69. The largest absolute Gasteiger partial charge is 0.508 e. The Morgan fingerprint density at radius 3 is 2.30 bits per heavy atom. The maximum atomic E-state index is 14.1. The van der Waals surface area contributed by atoms with Crippen molar-refractivity contribution < 1.29 is 44.3 Å². The number of aromatic hydroxyl groups is 1. The van der Waals surface area contributed by atoms with Crippen molar-refractivity contribution in [2.24, 2.45) is 17.6 Å². The van der Waals surface area contributed by atoms with Gasteiger partial charge in [0, 0.05) is 35.7 Å². The standard InChI is InChI=1S/C30H31BrN4O9/c1-34(2)18-11-17(33-29(42)44-14-7-5-13(31)6-8-14)23(36)20-15(18)9-12-10-16-22(35(3)4)25(38)21(28(32)41)27(40)30(16,43)26(39)19(12)24(20)37/h5-8,11-12,16,22,36-37,40,43H,9-10H2,1-4H3,(H2,32,41)(H,33,42)/t12-,16+,22+,30-/m0/s1. The highest BCUT2D eigenvalue weighted by atomic mass is 79.9. The van der Waals surface area contributed by atoms with Gasteiger partial charge < -0.3 is 35.8 Å². The molecule has 2 aromatic rings. The molecule has 44 heavy (non-hydrogen) atoms. The maximum Gasteiger partial charge on any atom is 0.417 e. The van der Waals surface area contributed by atoms with E-state index in [4.69, 9.17) is 10.5 Å². The minimum atomic E-state index is -2.76. The average Bonchev–Trinajstić information content (AvgIpc) is 2.93. The third-order valence-electron chi connectivity index (χ3n) is 8.44. The van der Waals surface area contributed by atoms with Gasteiger partial charge in [0.2, 0.25) is 5.78 Å². The molecule has 3 aliphatic rings. The SMILES string of the molecule is CN(C)c1cc(NC(=O)Oc2ccc(Br)cc2)c(O)c2c1C[C@H]1C[C@@H]3[C@@H](N(C)C)C(=O)C(C(N)=O)=C(O)[C@@]3(O)C(=O)C1=C2O. The topological polar surface area (TPSA) is 203 Å². The molecule has 0 spiro atoms. The number of benzene rings is 2. The van der Waals surface area contributed by atoms with Crippen LogP contribution in [0.3, 0.4) is 0 Å². The van der Waals surface area contributed by atoms with E-state index in [-0.39, 0.29) is 35.4 Å². The average molecular weight is 672 g/mol. The van der Waals surface area contributed by atoms with Gasteiger partial charge in [-0.05, 0) is 68.8 Å². The molecule has 14 heteroatoms. The molecule has 2 amide bonds. The van der Waals surface area contributed by atoms with Crippen molar-refractivity contribution >= 4 is 56.6 Å². The van der Waals surface area contributed by atoms with Crippen LogP contribution in [0.15, 0.2) is 51.7 Å². The number of phenolic OH excluding ortho intramolecular Hbond substituents is 1. The minimum Gasteiger partial charge on any atom is -0.508 e. The number of fused-ring (bicyclic) bond motifs is 3. The first-order valence-corrected chi connectivity index (χ1v) is 14.3. The smallest absolute Gasteiger partial charge is 0.417 e. The van der Waals surface area contributed by atoms with Gasteiger partial charge in [-0.15, -0.1) is 0 Å². The Morgan fingerprint density at radius 1 is 1.09 bits per heavy atom. The molecule has 2 aromatic carbocycles. The second-order valence-corrected chi connectivity index (χ2v) is 12.4. The number of carbonyl (C=O) groups excluding carboxylic acids is 4. The number of aliphatic hydroxyl groups excluding tert-OH is 2. The molecule has 5 rings (SSSR count). The summed E-state index contributed by atoms with van der Waals surface area (Å²) in [6.07, 6.45) is -0.882. The van der Waals surface area contributed by atoms with E-state index in [0.717, 1.165) is 4.47 Å². The predicted molar refractivity (Wildman–Crippen MR) is 162 cm³/mol. The first-order valence-electron chi connectivity index (χ1n) is 13.5. The van der Waals surface area contributed by atoms with Gasteiger partial charge in [0.1, 0.15) is 22.8 Å². The lowest BCUT2D eigenvalue weighted by Gasteiger charge is -2.50. The fourth-order valence-electron chi connectivity index (χ4n) is 6.53. The lowest BCUT2D eigenvalue weighted by Crippen LogP contribution is -2.65. The van der Waals surface area contributed by atoms with Crippen LogP contribution in [0.2, 0.25) is 0 Å². The van der Waals surface area contributed by atoms with Crippen molar-refractivity contribution in [1.29, 1.82) is 0 Å². The summed E-state index contributed by atoms with van der Waals surface area (Å²) in [4.78, 5) is 55.4. The maximum absolute atomic E-state index is 14.1. The predicted octanol–water partition coefficient (Wildman–Crippen LogP) is 2.40. The highest BCUT2D eigenvalue weighted by molar-refractivity contribution is 9.10. The zero-order valence-electron chi connectivity index (χ0n) is 24.2. The van der Waals surface area contributed by atoms with E-state index in [2.05, 4.69) is 21.2 Å². The van der Waals surface area contributed by atoms with Crippen molar-refractivity contribution in [3.63, 3.8) is 0 Å². The zero-order valence-corrected chi connectivity index (χ0v) is 25.8. The fraction of sp³-hybridized carbons (Fsp3) is 0.333. The highest BCUT2D eigenvalue weighted by Crippen LogP contribution is 2.54. The van der Waals surface area contributed by atoms with Crippen LogP contribution >= 0.6 is 15.9 Å². The second-order valence-electron chi connectivity index (χ2n) is 11.5. The number of ketones is 2. The van der Waals surface area contributed by atoms with E-state index < -0.39 is 69.9 Å². The van der Waals surface area contributed by atoms with Crippen molar-refractivity contribution in [1.82, 2.24) is 4.90 Å². The Kier molecular flexibility index (Phi) is 7.72. The second kappa shape index (κ2) is 10.9.